The van der Waals surface area contributed by atoms with Crippen molar-refractivity contribution >= 4 is 18.1 Å². The van der Waals surface area contributed by atoms with Crippen molar-refractivity contribution in [3.63, 3.8) is 0 Å². The lowest BCUT2D eigenvalue weighted by atomic mass is 10.1. The number of carbonyl (C=O) groups is 1. The van der Waals surface area contributed by atoms with Crippen LogP contribution in [-0.4, -0.2) is 32.2 Å². The summed E-state index contributed by atoms with van der Waals surface area (Å²) in [5.41, 5.74) is 1.22. The summed E-state index contributed by atoms with van der Waals surface area (Å²) in [5, 5.41) is 9.48. The average Bonchev–Trinajstić information content (AvgIpc) is 2.94. The molecule has 2 heterocycles. The molecule has 128 valence electrons. The van der Waals surface area contributed by atoms with Gasteiger partial charge in [-0.15, -0.1) is 0 Å². The number of hydrogen-bond acceptors (Lipinski definition) is 4. The van der Waals surface area contributed by atoms with E-state index in [0.717, 1.165) is 11.4 Å². The SMILES string of the molecule is Cn1c(CCNC(=O)c2ccc(-c3ccccc3)[nH]c2=O)n[nH]c1=S. The van der Waals surface area contributed by atoms with Gasteiger partial charge in [0.1, 0.15) is 11.4 Å². The molecule has 2 aromatic heterocycles. The highest BCUT2D eigenvalue weighted by molar-refractivity contribution is 7.71. The molecule has 8 heteroatoms. The highest BCUT2D eigenvalue weighted by Gasteiger charge is 2.11. The van der Waals surface area contributed by atoms with Crippen LogP contribution in [0.1, 0.15) is 16.2 Å². The van der Waals surface area contributed by atoms with E-state index in [1.807, 2.05) is 30.3 Å². The Kier molecular flexibility index (Phi) is 4.90. The first-order valence-corrected chi connectivity index (χ1v) is 8.14. The van der Waals surface area contributed by atoms with Crippen LogP contribution in [0.15, 0.2) is 47.3 Å². The number of benzene rings is 1. The number of hydrogen-bond donors (Lipinski definition) is 3. The van der Waals surface area contributed by atoms with Gasteiger partial charge >= 0.3 is 0 Å². The maximum Gasteiger partial charge on any atom is 0.261 e. The molecule has 0 aliphatic rings. The van der Waals surface area contributed by atoms with E-state index < -0.39 is 11.5 Å². The minimum atomic E-state index is -0.419. The van der Waals surface area contributed by atoms with Crippen LogP contribution in [0.4, 0.5) is 0 Å². The summed E-state index contributed by atoms with van der Waals surface area (Å²) in [4.78, 5) is 27.1. The van der Waals surface area contributed by atoms with Crippen LogP contribution in [-0.2, 0) is 13.5 Å². The molecule has 0 fully saturated rings. The van der Waals surface area contributed by atoms with Gasteiger partial charge in [-0.25, -0.2) is 0 Å². The fourth-order valence-electron chi connectivity index (χ4n) is 2.42. The maximum atomic E-state index is 12.2. The Bertz CT molecular complexity index is 1000. The van der Waals surface area contributed by atoms with Crippen LogP contribution in [0.25, 0.3) is 11.3 Å². The number of carbonyl (C=O) groups excluding carboxylic acids is 1. The Morgan fingerprint density at radius 1 is 1.24 bits per heavy atom. The fraction of sp³-hybridized carbons (Fsp3) is 0.176. The van der Waals surface area contributed by atoms with Gasteiger partial charge in [-0.2, -0.15) is 5.10 Å². The topological polar surface area (TPSA) is 95.6 Å². The molecule has 0 atom stereocenters. The van der Waals surface area contributed by atoms with Crippen molar-refractivity contribution in [1.29, 1.82) is 0 Å². The van der Waals surface area contributed by atoms with Gasteiger partial charge in [0.15, 0.2) is 4.77 Å². The molecule has 0 bridgehead atoms. The summed E-state index contributed by atoms with van der Waals surface area (Å²) < 4.78 is 2.26. The lowest BCUT2D eigenvalue weighted by molar-refractivity contribution is 0.0952. The minimum absolute atomic E-state index is 0.0787. The Hall–Kier alpha value is -3.00. The number of nitrogens with one attached hydrogen (secondary N) is 3. The molecule has 0 saturated heterocycles. The van der Waals surface area contributed by atoms with E-state index >= 15 is 0 Å². The van der Waals surface area contributed by atoms with Crippen LogP contribution in [0.3, 0.4) is 0 Å². The molecule has 3 N–H and O–H groups in total. The third-order valence-electron chi connectivity index (χ3n) is 3.85. The second-order valence-corrected chi connectivity index (χ2v) is 5.88. The van der Waals surface area contributed by atoms with Gasteiger partial charge in [0.05, 0.1) is 0 Å². The third-order valence-corrected chi connectivity index (χ3v) is 4.21. The third kappa shape index (κ3) is 3.74. The number of aromatic amines is 2. The zero-order chi connectivity index (χ0) is 17.8. The number of H-pyrrole nitrogens is 2. The maximum absolute atomic E-state index is 12.2. The molecule has 0 spiro atoms. The van der Waals surface area contributed by atoms with E-state index in [-0.39, 0.29) is 5.56 Å². The molecule has 0 aliphatic heterocycles. The molecule has 0 aliphatic carbocycles. The van der Waals surface area contributed by atoms with Crippen molar-refractivity contribution in [2.75, 3.05) is 6.54 Å². The molecular formula is C17H17N5O2S. The molecule has 0 unspecified atom stereocenters. The van der Waals surface area contributed by atoms with E-state index in [0.29, 0.717) is 23.4 Å². The number of amides is 1. The number of aromatic nitrogens is 4. The van der Waals surface area contributed by atoms with Crippen molar-refractivity contribution in [3.05, 3.63) is 69.0 Å². The van der Waals surface area contributed by atoms with E-state index in [2.05, 4.69) is 20.5 Å². The Morgan fingerprint density at radius 2 is 2.00 bits per heavy atom. The molecular weight excluding hydrogens is 338 g/mol. The molecule has 25 heavy (non-hydrogen) atoms. The first-order valence-electron chi connectivity index (χ1n) is 7.73. The van der Waals surface area contributed by atoms with Gasteiger partial charge in [0.2, 0.25) is 0 Å². The van der Waals surface area contributed by atoms with Crippen molar-refractivity contribution < 1.29 is 4.79 Å². The number of rotatable bonds is 5. The van der Waals surface area contributed by atoms with E-state index in [1.54, 1.807) is 17.7 Å². The second kappa shape index (κ2) is 7.27. The van der Waals surface area contributed by atoms with Crippen LogP contribution >= 0.6 is 12.2 Å². The standard InChI is InChI=1S/C17H17N5O2S/c1-22-14(20-21-17(22)25)9-10-18-15(23)12-7-8-13(19-16(12)24)11-5-3-2-4-6-11/h2-8H,9-10H2,1H3,(H,18,23)(H,19,24)(H,21,25). The molecule has 3 aromatic rings. The van der Waals surface area contributed by atoms with Gasteiger partial charge in [-0.05, 0) is 29.9 Å². The lowest BCUT2D eigenvalue weighted by Crippen LogP contribution is -2.31. The quantitative estimate of drug-likeness (QED) is 0.608. The zero-order valence-corrected chi connectivity index (χ0v) is 14.4. The number of nitrogens with zero attached hydrogens (tertiary/aromatic N) is 2. The molecule has 3 rings (SSSR count). The molecule has 0 radical (unpaired) electrons. The normalized spacial score (nSPS) is 10.6. The lowest BCUT2D eigenvalue weighted by Gasteiger charge is -2.06. The Balaban J connectivity index is 1.67. The molecule has 0 saturated carbocycles. The van der Waals surface area contributed by atoms with Crippen molar-refractivity contribution in [2.24, 2.45) is 7.05 Å². The van der Waals surface area contributed by atoms with E-state index in [9.17, 15) is 9.59 Å². The summed E-state index contributed by atoms with van der Waals surface area (Å²) in [5.74, 6) is 0.316. The van der Waals surface area contributed by atoms with Crippen LogP contribution in [0.2, 0.25) is 0 Å². The number of pyridine rings is 1. The Morgan fingerprint density at radius 3 is 2.64 bits per heavy atom. The molecule has 1 aromatic carbocycles. The summed E-state index contributed by atoms with van der Waals surface area (Å²) in [6.45, 7) is 0.353. The minimum Gasteiger partial charge on any atom is -0.351 e. The van der Waals surface area contributed by atoms with Crippen molar-refractivity contribution in [2.45, 2.75) is 6.42 Å². The highest BCUT2D eigenvalue weighted by Crippen LogP contribution is 2.14. The smallest absolute Gasteiger partial charge is 0.261 e. The van der Waals surface area contributed by atoms with Gasteiger partial charge in [0, 0.05) is 25.7 Å². The van der Waals surface area contributed by atoms with Crippen LogP contribution in [0, 0.1) is 4.77 Å². The summed E-state index contributed by atoms with van der Waals surface area (Å²) in [7, 11) is 1.80. The largest absolute Gasteiger partial charge is 0.351 e. The first-order chi connectivity index (χ1) is 12.1. The predicted octanol–water partition coefficient (Wildman–Crippen LogP) is 1.81. The summed E-state index contributed by atoms with van der Waals surface area (Å²) in [6.07, 6.45) is 0.509. The van der Waals surface area contributed by atoms with Crippen LogP contribution in [0.5, 0.6) is 0 Å². The van der Waals surface area contributed by atoms with Crippen LogP contribution < -0.4 is 10.9 Å². The molecule has 7 nitrogen and oxygen atoms in total. The first kappa shape index (κ1) is 16.8. The summed E-state index contributed by atoms with van der Waals surface area (Å²) in [6, 6.07) is 12.7. The van der Waals surface area contributed by atoms with Crippen molar-refractivity contribution in [1.82, 2.24) is 25.1 Å². The van der Waals surface area contributed by atoms with E-state index in [1.165, 1.54) is 6.07 Å². The molecule has 1 amide bonds. The zero-order valence-electron chi connectivity index (χ0n) is 13.6. The van der Waals surface area contributed by atoms with E-state index in [4.69, 9.17) is 12.2 Å². The Labute approximate surface area is 148 Å². The highest BCUT2D eigenvalue weighted by atomic mass is 32.1. The fourth-order valence-corrected chi connectivity index (χ4v) is 2.58. The second-order valence-electron chi connectivity index (χ2n) is 5.49. The van der Waals surface area contributed by atoms with Gasteiger partial charge < -0.3 is 14.9 Å². The predicted molar refractivity (Wildman–Crippen MR) is 96.9 cm³/mol. The van der Waals surface area contributed by atoms with Gasteiger partial charge in [-0.3, -0.25) is 14.7 Å². The van der Waals surface area contributed by atoms with Crippen molar-refractivity contribution in [3.8, 4) is 11.3 Å². The van der Waals surface area contributed by atoms with Gasteiger partial charge in [-0.1, -0.05) is 30.3 Å². The average molecular weight is 355 g/mol. The summed E-state index contributed by atoms with van der Waals surface area (Å²) >= 11 is 5.03. The monoisotopic (exact) mass is 355 g/mol. The van der Waals surface area contributed by atoms with Gasteiger partial charge in [0.25, 0.3) is 11.5 Å².